The van der Waals surface area contributed by atoms with Gasteiger partial charge in [-0.05, 0) is 12.8 Å². The van der Waals surface area contributed by atoms with Crippen LogP contribution in [0.2, 0.25) is 0 Å². The summed E-state index contributed by atoms with van der Waals surface area (Å²) in [6.07, 6.45) is 3.08. The van der Waals surface area contributed by atoms with E-state index in [4.69, 9.17) is 0 Å². The van der Waals surface area contributed by atoms with Crippen LogP contribution in [0, 0.1) is 5.92 Å². The number of amides is 1. The zero-order chi connectivity index (χ0) is 13.7. The normalized spacial score (nSPS) is 12.2. The molecular formula is C13H18N2O3. The highest BCUT2D eigenvalue weighted by Crippen LogP contribution is 2.02. The summed E-state index contributed by atoms with van der Waals surface area (Å²) in [7, 11) is 0. The molecule has 5 nitrogen and oxygen atoms in total. The van der Waals surface area contributed by atoms with Crippen LogP contribution in [0.3, 0.4) is 0 Å². The Labute approximate surface area is 106 Å². The summed E-state index contributed by atoms with van der Waals surface area (Å²) in [6, 6.07) is 2.31. The van der Waals surface area contributed by atoms with E-state index in [1.54, 1.807) is 17.0 Å². The number of nitrogens with zero attached hydrogens (tertiary/aromatic N) is 1. The molecule has 1 amide bonds. The Balaban J connectivity index is 2.63. The second kappa shape index (κ2) is 6.14. The molecule has 0 saturated carbocycles. The number of carbonyl (C=O) groups excluding carboxylic acids is 2. The lowest BCUT2D eigenvalue weighted by Crippen LogP contribution is -2.44. The first kappa shape index (κ1) is 14.2. The van der Waals surface area contributed by atoms with E-state index >= 15 is 0 Å². The lowest BCUT2D eigenvalue weighted by Gasteiger charge is -2.19. The number of nitrogens with one attached hydrogen (secondary N) is 1. The number of carbonyl (C=O) groups is 2. The SMILES string of the molecule is CC(=O)C(NC(=O)Cn1ccc(=O)cc1)C(C)C. The molecule has 0 aromatic carbocycles. The van der Waals surface area contributed by atoms with E-state index in [9.17, 15) is 14.4 Å². The highest BCUT2D eigenvalue weighted by atomic mass is 16.2. The van der Waals surface area contributed by atoms with Crippen LogP contribution in [0.1, 0.15) is 20.8 Å². The van der Waals surface area contributed by atoms with Crippen LogP contribution in [0.5, 0.6) is 0 Å². The summed E-state index contributed by atoms with van der Waals surface area (Å²) in [5.74, 6) is -0.244. The molecule has 18 heavy (non-hydrogen) atoms. The van der Waals surface area contributed by atoms with Gasteiger partial charge in [0.1, 0.15) is 6.54 Å². The Kier molecular flexibility index (Phi) is 4.83. The van der Waals surface area contributed by atoms with E-state index < -0.39 is 6.04 Å². The van der Waals surface area contributed by atoms with Crippen LogP contribution >= 0.6 is 0 Å². The van der Waals surface area contributed by atoms with Gasteiger partial charge in [0.15, 0.2) is 11.2 Å². The summed E-state index contributed by atoms with van der Waals surface area (Å²) in [4.78, 5) is 34.0. The molecule has 0 aliphatic carbocycles. The summed E-state index contributed by atoms with van der Waals surface area (Å²) in [5.41, 5.74) is -0.101. The van der Waals surface area contributed by atoms with Crippen LogP contribution in [-0.4, -0.2) is 22.3 Å². The molecule has 1 rings (SSSR count). The van der Waals surface area contributed by atoms with Crippen LogP contribution in [0.4, 0.5) is 0 Å². The van der Waals surface area contributed by atoms with Gasteiger partial charge in [0.05, 0.1) is 6.04 Å². The first-order valence-electron chi connectivity index (χ1n) is 5.86. The summed E-state index contributed by atoms with van der Waals surface area (Å²) < 4.78 is 1.59. The fraction of sp³-hybridized carbons (Fsp3) is 0.462. The average molecular weight is 250 g/mol. The maximum Gasteiger partial charge on any atom is 0.240 e. The molecule has 0 aliphatic heterocycles. The van der Waals surface area contributed by atoms with E-state index in [1.165, 1.54) is 19.1 Å². The standard InChI is InChI=1S/C13H18N2O3/c1-9(2)13(10(3)16)14-12(18)8-15-6-4-11(17)5-7-15/h4-7,9,13H,8H2,1-3H3,(H,14,18). The molecule has 0 bridgehead atoms. The summed E-state index contributed by atoms with van der Waals surface area (Å²) in [5, 5.41) is 2.69. The van der Waals surface area contributed by atoms with Crippen LogP contribution in [0.15, 0.2) is 29.3 Å². The number of Topliss-reactive ketones (excluding diaryl/α,β-unsaturated/α-hetero) is 1. The van der Waals surface area contributed by atoms with Gasteiger partial charge in [0, 0.05) is 24.5 Å². The predicted molar refractivity (Wildman–Crippen MR) is 68.2 cm³/mol. The third-order valence-electron chi connectivity index (χ3n) is 2.61. The summed E-state index contributed by atoms with van der Waals surface area (Å²) >= 11 is 0. The minimum atomic E-state index is -0.461. The van der Waals surface area contributed by atoms with Crippen molar-refractivity contribution >= 4 is 11.7 Å². The van der Waals surface area contributed by atoms with E-state index in [1.807, 2.05) is 13.8 Å². The highest BCUT2D eigenvalue weighted by molar-refractivity contribution is 5.87. The van der Waals surface area contributed by atoms with Crippen molar-refractivity contribution in [2.45, 2.75) is 33.4 Å². The van der Waals surface area contributed by atoms with Gasteiger partial charge in [-0.25, -0.2) is 0 Å². The lowest BCUT2D eigenvalue weighted by molar-refractivity contribution is -0.128. The minimum absolute atomic E-state index is 0.0560. The second-order valence-corrected chi connectivity index (χ2v) is 4.61. The molecule has 1 unspecified atom stereocenters. The number of hydrogen-bond acceptors (Lipinski definition) is 3. The number of aromatic nitrogens is 1. The van der Waals surface area contributed by atoms with Crippen LogP contribution in [0.25, 0.3) is 0 Å². The van der Waals surface area contributed by atoms with Gasteiger partial charge in [-0.15, -0.1) is 0 Å². The van der Waals surface area contributed by atoms with Gasteiger partial charge >= 0.3 is 0 Å². The minimum Gasteiger partial charge on any atom is -0.345 e. The molecule has 1 aromatic rings. The topological polar surface area (TPSA) is 68.2 Å². The highest BCUT2D eigenvalue weighted by Gasteiger charge is 2.20. The molecule has 0 fully saturated rings. The Morgan fingerprint density at radius 2 is 1.83 bits per heavy atom. The van der Waals surface area contributed by atoms with Gasteiger partial charge in [-0.3, -0.25) is 14.4 Å². The van der Waals surface area contributed by atoms with Crippen molar-refractivity contribution in [1.29, 1.82) is 0 Å². The third kappa shape index (κ3) is 4.16. The fourth-order valence-electron chi connectivity index (χ4n) is 1.67. The van der Waals surface area contributed by atoms with E-state index in [0.29, 0.717) is 0 Å². The maximum absolute atomic E-state index is 11.8. The first-order chi connectivity index (χ1) is 8.40. The van der Waals surface area contributed by atoms with Gasteiger partial charge in [0.25, 0.3) is 0 Å². The Morgan fingerprint density at radius 3 is 2.28 bits per heavy atom. The number of pyridine rings is 1. The monoisotopic (exact) mass is 250 g/mol. The average Bonchev–Trinajstić information content (AvgIpc) is 2.28. The fourth-order valence-corrected chi connectivity index (χ4v) is 1.67. The van der Waals surface area contributed by atoms with Crippen molar-refractivity contribution in [1.82, 2.24) is 9.88 Å². The van der Waals surface area contributed by atoms with E-state index in [0.717, 1.165) is 0 Å². The number of hydrogen-bond donors (Lipinski definition) is 1. The third-order valence-corrected chi connectivity index (χ3v) is 2.61. The molecule has 0 saturated heterocycles. The lowest BCUT2D eigenvalue weighted by atomic mass is 10.0. The quantitative estimate of drug-likeness (QED) is 0.831. The van der Waals surface area contributed by atoms with Crippen molar-refractivity contribution in [3.05, 3.63) is 34.7 Å². The van der Waals surface area contributed by atoms with Gasteiger partial charge < -0.3 is 9.88 Å². The van der Waals surface area contributed by atoms with Crippen molar-refractivity contribution < 1.29 is 9.59 Å². The molecule has 0 spiro atoms. The first-order valence-corrected chi connectivity index (χ1v) is 5.86. The Bertz CT molecular complexity index is 471. The Hall–Kier alpha value is -1.91. The smallest absolute Gasteiger partial charge is 0.240 e. The molecule has 1 heterocycles. The molecule has 0 radical (unpaired) electrons. The zero-order valence-electron chi connectivity index (χ0n) is 10.8. The molecule has 1 N–H and O–H groups in total. The van der Waals surface area contributed by atoms with Crippen molar-refractivity contribution in [3.63, 3.8) is 0 Å². The second-order valence-electron chi connectivity index (χ2n) is 4.61. The van der Waals surface area contributed by atoms with E-state index in [-0.39, 0.29) is 29.6 Å². The zero-order valence-corrected chi connectivity index (χ0v) is 10.8. The number of ketones is 1. The van der Waals surface area contributed by atoms with Crippen molar-refractivity contribution in [3.8, 4) is 0 Å². The molecule has 1 aromatic heterocycles. The van der Waals surface area contributed by atoms with Gasteiger partial charge in [-0.1, -0.05) is 13.8 Å². The molecule has 98 valence electrons. The maximum atomic E-state index is 11.8. The number of rotatable bonds is 5. The summed E-state index contributed by atoms with van der Waals surface area (Å²) in [6.45, 7) is 5.32. The molecule has 1 atom stereocenters. The predicted octanol–water partition coefficient (Wildman–Crippen LogP) is 0.578. The van der Waals surface area contributed by atoms with Gasteiger partial charge in [0.2, 0.25) is 5.91 Å². The van der Waals surface area contributed by atoms with E-state index in [2.05, 4.69) is 5.32 Å². The van der Waals surface area contributed by atoms with Crippen molar-refractivity contribution in [2.75, 3.05) is 0 Å². The molecule has 5 heteroatoms. The Morgan fingerprint density at radius 1 is 1.28 bits per heavy atom. The van der Waals surface area contributed by atoms with Crippen LogP contribution in [-0.2, 0) is 16.1 Å². The molecular weight excluding hydrogens is 232 g/mol. The van der Waals surface area contributed by atoms with Gasteiger partial charge in [-0.2, -0.15) is 0 Å². The largest absolute Gasteiger partial charge is 0.345 e. The van der Waals surface area contributed by atoms with Crippen LogP contribution < -0.4 is 10.7 Å². The van der Waals surface area contributed by atoms with Crippen molar-refractivity contribution in [2.24, 2.45) is 5.92 Å². The molecule has 0 aliphatic rings.